The molecule has 0 aliphatic heterocycles. The Labute approximate surface area is 165 Å². The molecule has 0 aromatic heterocycles. The molecule has 6 nitrogen and oxygen atoms in total. The molecule has 0 atom stereocenters. The summed E-state index contributed by atoms with van der Waals surface area (Å²) in [6.07, 6.45) is 1.09. The molecule has 0 spiro atoms. The van der Waals surface area contributed by atoms with Gasteiger partial charge in [-0.05, 0) is 43.2 Å². The quantitative estimate of drug-likeness (QED) is 0.679. The van der Waals surface area contributed by atoms with E-state index in [0.717, 1.165) is 21.7 Å². The van der Waals surface area contributed by atoms with E-state index in [1.54, 1.807) is 36.4 Å². The third-order valence-corrected chi connectivity index (χ3v) is 5.49. The Kier molecular flexibility index (Phi) is 7.10. The van der Waals surface area contributed by atoms with Crippen molar-refractivity contribution in [3.8, 4) is 5.75 Å². The number of nitrogens with one attached hydrogen (secondary N) is 1. The van der Waals surface area contributed by atoms with Crippen LogP contribution in [0.2, 0.25) is 5.02 Å². The van der Waals surface area contributed by atoms with Gasteiger partial charge in [0.2, 0.25) is 15.9 Å². The Hall–Kier alpha value is -2.25. The molecule has 2 rings (SSSR count). The van der Waals surface area contributed by atoms with Crippen molar-refractivity contribution in [3.05, 3.63) is 58.6 Å². The summed E-state index contributed by atoms with van der Waals surface area (Å²) in [5.41, 5.74) is 2.27. The zero-order chi connectivity index (χ0) is 20.0. The summed E-state index contributed by atoms with van der Waals surface area (Å²) in [5, 5.41) is 3.15. The van der Waals surface area contributed by atoms with Crippen molar-refractivity contribution in [2.24, 2.45) is 0 Å². The Bertz CT molecular complexity index is 916. The van der Waals surface area contributed by atoms with E-state index >= 15 is 0 Å². The van der Waals surface area contributed by atoms with Crippen LogP contribution in [0.5, 0.6) is 5.75 Å². The minimum atomic E-state index is -3.61. The maximum absolute atomic E-state index is 12.2. The lowest BCUT2D eigenvalue weighted by atomic mass is 10.1. The lowest BCUT2D eigenvalue weighted by Gasteiger charge is -2.24. The zero-order valence-corrected chi connectivity index (χ0v) is 17.1. The molecule has 2 aromatic rings. The predicted molar refractivity (Wildman–Crippen MR) is 108 cm³/mol. The van der Waals surface area contributed by atoms with Crippen molar-refractivity contribution in [1.29, 1.82) is 0 Å². The summed E-state index contributed by atoms with van der Waals surface area (Å²) in [6, 6.07) is 12.4. The fourth-order valence-corrected chi connectivity index (χ4v) is 3.58. The fraction of sp³-hybridized carbons (Fsp3) is 0.316. The number of amides is 1. The minimum absolute atomic E-state index is 0.220. The first-order valence-electron chi connectivity index (χ1n) is 8.38. The van der Waals surface area contributed by atoms with E-state index in [-0.39, 0.29) is 19.7 Å². The normalized spacial score (nSPS) is 11.1. The Morgan fingerprint density at radius 2 is 1.85 bits per heavy atom. The van der Waals surface area contributed by atoms with Crippen molar-refractivity contribution in [2.75, 3.05) is 30.3 Å². The average molecular weight is 411 g/mol. The highest BCUT2D eigenvalue weighted by atomic mass is 35.5. The monoisotopic (exact) mass is 410 g/mol. The van der Waals surface area contributed by atoms with Crippen LogP contribution in [0.3, 0.4) is 0 Å². The molecular weight excluding hydrogens is 388 g/mol. The Morgan fingerprint density at radius 1 is 1.15 bits per heavy atom. The standard InChI is InChI=1S/C19H23ClN2O4S/c1-14-7-6-9-17(15(14)2)22(27(3,24)25)13-19(23)21-11-12-26-18-10-5-4-8-16(18)20/h4-10H,11-13H2,1-3H3,(H,21,23). The van der Waals surface area contributed by atoms with Crippen LogP contribution in [0.1, 0.15) is 11.1 Å². The van der Waals surface area contributed by atoms with Crippen LogP contribution in [0, 0.1) is 13.8 Å². The highest BCUT2D eigenvalue weighted by Crippen LogP contribution is 2.25. The number of benzene rings is 2. The van der Waals surface area contributed by atoms with Gasteiger partial charge in [-0.3, -0.25) is 9.10 Å². The van der Waals surface area contributed by atoms with Gasteiger partial charge >= 0.3 is 0 Å². The highest BCUT2D eigenvalue weighted by molar-refractivity contribution is 7.92. The van der Waals surface area contributed by atoms with Crippen molar-refractivity contribution >= 4 is 33.2 Å². The number of anilines is 1. The van der Waals surface area contributed by atoms with Crippen LogP contribution >= 0.6 is 11.6 Å². The highest BCUT2D eigenvalue weighted by Gasteiger charge is 2.22. The van der Waals surface area contributed by atoms with Gasteiger partial charge in [0.05, 0.1) is 23.5 Å². The number of nitrogens with zero attached hydrogens (tertiary/aromatic N) is 1. The Morgan fingerprint density at radius 3 is 2.52 bits per heavy atom. The van der Waals surface area contributed by atoms with E-state index in [1.807, 2.05) is 19.9 Å². The van der Waals surface area contributed by atoms with Crippen molar-refractivity contribution < 1.29 is 17.9 Å². The fourth-order valence-electron chi connectivity index (χ4n) is 2.49. The van der Waals surface area contributed by atoms with E-state index in [4.69, 9.17) is 16.3 Å². The SMILES string of the molecule is Cc1cccc(N(CC(=O)NCCOc2ccccc2Cl)S(C)(=O)=O)c1C. The van der Waals surface area contributed by atoms with Gasteiger partial charge in [0.15, 0.2) is 0 Å². The molecule has 1 amide bonds. The second-order valence-electron chi connectivity index (χ2n) is 6.12. The third-order valence-electron chi connectivity index (χ3n) is 4.05. The molecule has 0 radical (unpaired) electrons. The van der Waals surface area contributed by atoms with Crippen LogP contribution < -0.4 is 14.4 Å². The third kappa shape index (κ3) is 5.87. The number of rotatable bonds is 8. The number of hydrogen-bond acceptors (Lipinski definition) is 4. The number of aryl methyl sites for hydroxylation is 1. The van der Waals surface area contributed by atoms with Gasteiger partial charge < -0.3 is 10.1 Å². The summed E-state index contributed by atoms with van der Waals surface area (Å²) in [5.74, 6) is 0.116. The van der Waals surface area contributed by atoms with Crippen LogP contribution in [-0.2, 0) is 14.8 Å². The van der Waals surface area contributed by atoms with E-state index in [1.165, 1.54) is 0 Å². The number of carbonyl (C=O) groups is 1. The largest absolute Gasteiger partial charge is 0.490 e. The molecule has 1 N–H and O–H groups in total. The average Bonchev–Trinajstić information content (AvgIpc) is 2.60. The first kappa shape index (κ1) is 21.1. The molecule has 0 saturated heterocycles. The molecule has 0 heterocycles. The molecule has 0 bridgehead atoms. The second kappa shape index (κ2) is 9.10. The van der Waals surface area contributed by atoms with E-state index in [0.29, 0.717) is 16.5 Å². The van der Waals surface area contributed by atoms with E-state index in [9.17, 15) is 13.2 Å². The first-order valence-corrected chi connectivity index (χ1v) is 10.6. The number of hydrogen-bond donors (Lipinski definition) is 1. The molecule has 0 saturated carbocycles. The second-order valence-corrected chi connectivity index (χ2v) is 8.43. The number of sulfonamides is 1. The predicted octanol–water partition coefficient (Wildman–Crippen LogP) is 2.92. The molecule has 8 heteroatoms. The van der Waals surface area contributed by atoms with Gasteiger partial charge in [0.1, 0.15) is 18.9 Å². The van der Waals surface area contributed by atoms with Gasteiger partial charge in [0, 0.05) is 0 Å². The molecule has 0 aliphatic carbocycles. The van der Waals surface area contributed by atoms with Crippen LogP contribution in [0.4, 0.5) is 5.69 Å². The molecule has 0 aliphatic rings. The summed E-state index contributed by atoms with van der Waals surface area (Å²) < 4.78 is 31.0. The first-order chi connectivity index (χ1) is 12.7. The van der Waals surface area contributed by atoms with Crippen LogP contribution in [-0.4, -0.2) is 40.3 Å². The lowest BCUT2D eigenvalue weighted by Crippen LogP contribution is -2.41. The van der Waals surface area contributed by atoms with Gasteiger partial charge in [-0.1, -0.05) is 35.9 Å². The molecule has 0 unspecified atom stereocenters. The molecule has 0 fully saturated rings. The summed E-state index contributed by atoms with van der Waals surface area (Å²) in [7, 11) is -3.61. The van der Waals surface area contributed by atoms with Gasteiger partial charge in [-0.15, -0.1) is 0 Å². The van der Waals surface area contributed by atoms with E-state index < -0.39 is 15.9 Å². The van der Waals surface area contributed by atoms with E-state index in [2.05, 4.69) is 5.32 Å². The molecular formula is C19H23ClN2O4S. The number of ether oxygens (including phenoxy) is 1. The maximum atomic E-state index is 12.2. The summed E-state index contributed by atoms with van der Waals surface area (Å²) >= 11 is 5.99. The van der Waals surface area contributed by atoms with Gasteiger partial charge in [-0.2, -0.15) is 0 Å². The molecule has 2 aromatic carbocycles. The lowest BCUT2D eigenvalue weighted by molar-refractivity contribution is -0.119. The molecule has 27 heavy (non-hydrogen) atoms. The van der Waals surface area contributed by atoms with Gasteiger partial charge in [-0.25, -0.2) is 8.42 Å². The number of carbonyl (C=O) groups excluding carboxylic acids is 1. The Balaban J connectivity index is 1.97. The van der Waals surface area contributed by atoms with Crippen molar-refractivity contribution in [1.82, 2.24) is 5.32 Å². The van der Waals surface area contributed by atoms with Crippen molar-refractivity contribution in [2.45, 2.75) is 13.8 Å². The number of para-hydroxylation sites is 1. The summed E-state index contributed by atoms with van der Waals surface area (Å²) in [6.45, 7) is 3.88. The van der Waals surface area contributed by atoms with Crippen LogP contribution in [0.15, 0.2) is 42.5 Å². The van der Waals surface area contributed by atoms with Gasteiger partial charge in [0.25, 0.3) is 0 Å². The number of halogens is 1. The maximum Gasteiger partial charge on any atom is 0.240 e. The topological polar surface area (TPSA) is 75.7 Å². The summed E-state index contributed by atoms with van der Waals surface area (Å²) in [4.78, 5) is 12.2. The molecule has 146 valence electrons. The van der Waals surface area contributed by atoms with Crippen molar-refractivity contribution in [3.63, 3.8) is 0 Å². The zero-order valence-electron chi connectivity index (χ0n) is 15.5. The van der Waals surface area contributed by atoms with Crippen LogP contribution in [0.25, 0.3) is 0 Å². The minimum Gasteiger partial charge on any atom is -0.490 e. The smallest absolute Gasteiger partial charge is 0.240 e.